The highest BCUT2D eigenvalue weighted by atomic mass is 31.2. The number of hydrogen-bond donors (Lipinski definition) is 1. The SMILES string of the molecule is CCCCCc1cc(C)c(CCCCCCCCCCCCC(=O)O[C@H](COC(=O)CCCCCCCCc2oc(CCCCC)c(C)c2C)COP(=O)(O)OCCN(C)C)o1. The number of rotatable bonds is 40. The van der Waals surface area contributed by atoms with Gasteiger partial charge in [-0.1, -0.05) is 117 Å². The van der Waals surface area contributed by atoms with E-state index in [0.29, 0.717) is 19.4 Å². The number of phosphoric acid groups is 1. The van der Waals surface area contributed by atoms with Gasteiger partial charge in [0.15, 0.2) is 6.10 Å². The lowest BCUT2D eigenvalue weighted by Gasteiger charge is -2.20. The van der Waals surface area contributed by atoms with E-state index in [1.807, 2.05) is 19.0 Å². The fraction of sp³-hybridized carbons (Fsp3) is 0.800. The molecule has 2 rings (SSSR count). The molecule has 2 heterocycles. The summed E-state index contributed by atoms with van der Waals surface area (Å²) in [6.45, 7) is 10.7. The van der Waals surface area contributed by atoms with Crippen LogP contribution >= 0.6 is 7.82 Å². The van der Waals surface area contributed by atoms with Crippen molar-refractivity contribution in [1.82, 2.24) is 4.90 Å². The molecule has 11 nitrogen and oxygen atoms in total. The van der Waals surface area contributed by atoms with Crippen molar-refractivity contribution in [3.05, 3.63) is 45.8 Å². The van der Waals surface area contributed by atoms with Crippen LogP contribution in [0.1, 0.15) is 208 Å². The molecule has 1 N–H and O–H groups in total. The molecule has 2 aromatic rings. The Morgan fingerprint density at radius 2 is 1.08 bits per heavy atom. The third-order valence-electron chi connectivity index (χ3n) is 11.8. The number of carbonyl (C=O) groups excluding carboxylic acids is 2. The Kier molecular flexibility index (Phi) is 30.5. The predicted octanol–water partition coefficient (Wildman–Crippen LogP) is 13.2. The quantitative estimate of drug-likeness (QED) is 0.0389. The van der Waals surface area contributed by atoms with Gasteiger partial charge in [0.1, 0.15) is 29.6 Å². The Labute approximate surface area is 376 Å². The summed E-state index contributed by atoms with van der Waals surface area (Å²) in [6.07, 6.45) is 27.9. The summed E-state index contributed by atoms with van der Waals surface area (Å²) in [4.78, 5) is 37.4. The second kappa shape index (κ2) is 34.0. The molecule has 0 saturated carbocycles. The smallest absolute Gasteiger partial charge is 0.466 e. The number of aryl methyl sites for hydroxylation is 5. The lowest BCUT2D eigenvalue weighted by atomic mass is 10.0. The van der Waals surface area contributed by atoms with Crippen LogP contribution in [0.5, 0.6) is 0 Å². The zero-order chi connectivity index (χ0) is 45.4. The highest BCUT2D eigenvalue weighted by Crippen LogP contribution is 2.43. The summed E-state index contributed by atoms with van der Waals surface area (Å²) < 4.78 is 46.0. The Balaban J connectivity index is 1.61. The summed E-state index contributed by atoms with van der Waals surface area (Å²) in [6, 6.07) is 2.22. The third kappa shape index (κ3) is 26.4. The molecule has 358 valence electrons. The van der Waals surface area contributed by atoms with Crippen LogP contribution in [0, 0.1) is 20.8 Å². The van der Waals surface area contributed by atoms with Crippen LogP contribution in [0.25, 0.3) is 0 Å². The number of likely N-dealkylation sites (N-methyl/N-ethyl adjacent to an activating group) is 1. The van der Waals surface area contributed by atoms with E-state index in [2.05, 4.69) is 40.7 Å². The van der Waals surface area contributed by atoms with E-state index >= 15 is 0 Å². The summed E-state index contributed by atoms with van der Waals surface area (Å²) in [5.41, 5.74) is 3.91. The maximum Gasteiger partial charge on any atom is 0.472 e. The average Bonchev–Trinajstić information content (AvgIpc) is 3.72. The zero-order valence-electron chi connectivity index (χ0n) is 40.3. The van der Waals surface area contributed by atoms with Crippen molar-refractivity contribution in [2.24, 2.45) is 0 Å². The van der Waals surface area contributed by atoms with Gasteiger partial charge in [0.05, 0.1) is 13.2 Å². The van der Waals surface area contributed by atoms with E-state index < -0.39 is 32.5 Å². The summed E-state index contributed by atoms with van der Waals surface area (Å²) >= 11 is 0. The second-order valence-electron chi connectivity index (χ2n) is 17.8. The molecular formula is C50H88NO10P. The van der Waals surface area contributed by atoms with E-state index in [-0.39, 0.29) is 26.1 Å². The molecule has 0 radical (unpaired) electrons. The van der Waals surface area contributed by atoms with Crippen molar-refractivity contribution in [3.63, 3.8) is 0 Å². The number of phosphoric ester groups is 1. The van der Waals surface area contributed by atoms with Crippen LogP contribution in [0.4, 0.5) is 0 Å². The van der Waals surface area contributed by atoms with Crippen molar-refractivity contribution in [3.8, 4) is 0 Å². The number of ether oxygens (including phenoxy) is 2. The number of carbonyl (C=O) groups is 2. The molecule has 1 unspecified atom stereocenters. The Morgan fingerprint density at radius 3 is 1.61 bits per heavy atom. The van der Waals surface area contributed by atoms with Gasteiger partial charge < -0.3 is 28.1 Å². The zero-order valence-corrected chi connectivity index (χ0v) is 41.2. The van der Waals surface area contributed by atoms with Crippen molar-refractivity contribution in [2.75, 3.05) is 40.5 Å². The van der Waals surface area contributed by atoms with Crippen molar-refractivity contribution in [1.29, 1.82) is 0 Å². The lowest BCUT2D eigenvalue weighted by molar-refractivity contribution is -0.161. The molecule has 2 atom stereocenters. The monoisotopic (exact) mass is 894 g/mol. The molecule has 0 saturated heterocycles. The maximum atomic E-state index is 12.8. The first-order chi connectivity index (χ1) is 29.8. The third-order valence-corrected chi connectivity index (χ3v) is 12.7. The highest BCUT2D eigenvalue weighted by Gasteiger charge is 2.26. The number of hydrogen-bond acceptors (Lipinski definition) is 10. The van der Waals surface area contributed by atoms with Crippen LogP contribution in [0.2, 0.25) is 0 Å². The van der Waals surface area contributed by atoms with Gasteiger partial charge in [-0.25, -0.2) is 4.57 Å². The van der Waals surface area contributed by atoms with Gasteiger partial charge in [-0.3, -0.25) is 18.6 Å². The van der Waals surface area contributed by atoms with Crippen molar-refractivity contribution >= 4 is 19.8 Å². The first-order valence-electron chi connectivity index (χ1n) is 24.6. The minimum absolute atomic E-state index is 0.00413. The molecule has 0 aliphatic carbocycles. The summed E-state index contributed by atoms with van der Waals surface area (Å²) in [5, 5.41) is 0. The fourth-order valence-corrected chi connectivity index (χ4v) is 8.39. The minimum atomic E-state index is -4.39. The van der Waals surface area contributed by atoms with Crippen LogP contribution in [-0.4, -0.2) is 68.3 Å². The standard InChI is InChI=1S/C50H88NO10P/c1-8-10-24-30-44-38-41(3)46(59-44)31-26-20-16-14-12-13-15-17-23-29-35-50(53)60-45(40-58-62(54,55)57-37-36-51(6)7)39-56-49(52)34-28-22-19-18-21-27-33-48-43(5)42(4)47(61-48)32-25-11-9-2/h38,45H,8-37,39-40H2,1-7H3,(H,54,55)/t45-/m1/s1. The van der Waals surface area contributed by atoms with E-state index in [1.165, 1.54) is 99.5 Å². The number of unbranched alkanes of at least 4 members (excludes halogenated alkanes) is 18. The number of furan rings is 2. The fourth-order valence-electron chi connectivity index (χ4n) is 7.65. The van der Waals surface area contributed by atoms with Crippen LogP contribution in [0.15, 0.2) is 14.9 Å². The van der Waals surface area contributed by atoms with Gasteiger partial charge >= 0.3 is 19.8 Å². The van der Waals surface area contributed by atoms with E-state index in [1.54, 1.807) is 0 Å². The molecule has 2 aromatic heterocycles. The van der Waals surface area contributed by atoms with Crippen molar-refractivity contribution < 1.29 is 46.4 Å². The van der Waals surface area contributed by atoms with Crippen LogP contribution in [0.3, 0.4) is 0 Å². The second-order valence-corrected chi connectivity index (χ2v) is 19.2. The van der Waals surface area contributed by atoms with Gasteiger partial charge in [0, 0.05) is 45.1 Å². The first-order valence-corrected chi connectivity index (χ1v) is 26.1. The van der Waals surface area contributed by atoms with Gasteiger partial charge in [-0.15, -0.1) is 0 Å². The summed E-state index contributed by atoms with van der Waals surface area (Å²) in [5.74, 6) is 3.75. The molecule has 0 aliphatic rings. The summed E-state index contributed by atoms with van der Waals surface area (Å²) in [7, 11) is -0.743. The Bertz CT molecular complexity index is 1520. The van der Waals surface area contributed by atoms with Crippen LogP contribution in [-0.2, 0) is 58.4 Å². The van der Waals surface area contributed by atoms with Crippen molar-refractivity contribution in [2.45, 2.75) is 221 Å². The number of esters is 2. The van der Waals surface area contributed by atoms with E-state index in [4.69, 9.17) is 27.4 Å². The molecule has 0 fully saturated rings. The average molecular weight is 894 g/mol. The Morgan fingerprint density at radius 1 is 0.613 bits per heavy atom. The Hall–Kier alpha value is -2.43. The maximum absolute atomic E-state index is 12.8. The van der Waals surface area contributed by atoms with Crippen LogP contribution < -0.4 is 0 Å². The van der Waals surface area contributed by atoms with Gasteiger partial charge in [0.2, 0.25) is 0 Å². The molecule has 0 amide bonds. The molecular weight excluding hydrogens is 806 g/mol. The van der Waals surface area contributed by atoms with E-state index in [0.717, 1.165) is 94.3 Å². The largest absolute Gasteiger partial charge is 0.472 e. The van der Waals surface area contributed by atoms with Gasteiger partial charge in [-0.2, -0.15) is 0 Å². The van der Waals surface area contributed by atoms with Gasteiger partial charge in [-0.05, 0) is 96.1 Å². The first kappa shape index (κ1) is 55.7. The topological polar surface area (TPSA) is 138 Å². The van der Waals surface area contributed by atoms with Gasteiger partial charge in [0.25, 0.3) is 0 Å². The lowest BCUT2D eigenvalue weighted by Crippen LogP contribution is -2.29. The number of nitrogens with zero attached hydrogens (tertiary/aromatic N) is 1. The molecule has 62 heavy (non-hydrogen) atoms. The minimum Gasteiger partial charge on any atom is -0.466 e. The molecule has 12 heteroatoms. The predicted molar refractivity (Wildman–Crippen MR) is 250 cm³/mol. The molecule has 0 bridgehead atoms. The van der Waals surface area contributed by atoms with E-state index in [9.17, 15) is 19.0 Å². The molecule has 0 aliphatic heterocycles. The molecule has 0 spiro atoms. The normalized spacial score (nSPS) is 13.2. The highest BCUT2D eigenvalue weighted by molar-refractivity contribution is 7.47. The molecule has 0 aromatic carbocycles.